The summed E-state index contributed by atoms with van der Waals surface area (Å²) in [4.78, 5) is 25.5. The topological polar surface area (TPSA) is 83.8 Å². The molecule has 3 fully saturated rings. The van der Waals surface area contributed by atoms with E-state index in [1.54, 1.807) is 19.9 Å². The second-order valence-electron chi connectivity index (χ2n) is 12.4. The molecule has 0 saturated heterocycles. The van der Waals surface area contributed by atoms with Crippen LogP contribution in [-0.4, -0.2) is 51.4 Å². The Kier molecular flexibility index (Phi) is 5.67. The van der Waals surface area contributed by atoms with E-state index in [2.05, 4.69) is 0 Å². The average Bonchev–Trinajstić information content (AvgIpc) is 2.98. The van der Waals surface area contributed by atoms with E-state index in [0.29, 0.717) is 19.3 Å². The maximum absolute atomic E-state index is 17.1. The Labute approximate surface area is 196 Å². The van der Waals surface area contributed by atoms with Crippen LogP contribution in [0.25, 0.3) is 0 Å². The van der Waals surface area contributed by atoms with Gasteiger partial charge in [0, 0.05) is 22.7 Å². The van der Waals surface area contributed by atoms with Crippen LogP contribution in [0.1, 0.15) is 73.6 Å². The van der Waals surface area contributed by atoms with Gasteiger partial charge in [-0.25, -0.2) is 4.39 Å². The molecule has 0 bridgehead atoms. The van der Waals surface area contributed by atoms with Gasteiger partial charge in [-0.1, -0.05) is 25.5 Å². The molecule has 0 radical (unpaired) electrons. The SMILES string of the molecule is CC(COC(C)(C)C)C(=O)C1(O)CCC2C3CCC4=CC(=O)C=CC4(C)C3(F)C(O)CC21C. The molecule has 0 aliphatic heterocycles. The van der Waals surface area contributed by atoms with E-state index in [4.69, 9.17) is 4.74 Å². The number of alkyl halides is 1. The summed E-state index contributed by atoms with van der Waals surface area (Å²) in [5.41, 5.74) is -5.24. The number of aliphatic hydroxyl groups excluding tert-OH is 1. The number of halogens is 1. The molecule has 3 saturated carbocycles. The third-order valence-corrected chi connectivity index (χ3v) is 9.41. The lowest BCUT2D eigenvalue weighted by Gasteiger charge is -2.62. The molecule has 8 atom stereocenters. The Morgan fingerprint density at radius 1 is 1.27 bits per heavy atom. The predicted molar refractivity (Wildman–Crippen MR) is 123 cm³/mol. The van der Waals surface area contributed by atoms with Gasteiger partial charge in [0.1, 0.15) is 5.60 Å². The third-order valence-electron chi connectivity index (χ3n) is 9.41. The van der Waals surface area contributed by atoms with Crippen molar-refractivity contribution in [3.8, 4) is 0 Å². The van der Waals surface area contributed by atoms with Gasteiger partial charge in [0.15, 0.2) is 17.2 Å². The number of fused-ring (bicyclic) bond motifs is 5. The Bertz CT molecular complexity index is 918. The highest BCUT2D eigenvalue weighted by atomic mass is 19.1. The smallest absolute Gasteiger partial charge is 0.178 e. The number of aliphatic hydroxyl groups is 2. The number of ketones is 2. The highest BCUT2D eigenvalue weighted by molar-refractivity contribution is 6.01. The van der Waals surface area contributed by atoms with Gasteiger partial charge >= 0.3 is 0 Å². The van der Waals surface area contributed by atoms with Crippen LogP contribution in [0.3, 0.4) is 0 Å². The second-order valence-corrected chi connectivity index (χ2v) is 12.4. The lowest BCUT2D eigenvalue weighted by Crippen LogP contribution is -2.69. The molecule has 0 spiro atoms. The van der Waals surface area contributed by atoms with Gasteiger partial charge in [0.2, 0.25) is 0 Å². The van der Waals surface area contributed by atoms with Crippen molar-refractivity contribution in [2.45, 2.75) is 96.6 Å². The lowest BCUT2D eigenvalue weighted by atomic mass is 9.44. The summed E-state index contributed by atoms with van der Waals surface area (Å²) in [6.07, 6.45) is 5.06. The van der Waals surface area contributed by atoms with Crippen molar-refractivity contribution in [3.63, 3.8) is 0 Å². The third kappa shape index (κ3) is 3.35. The average molecular weight is 463 g/mol. The van der Waals surface area contributed by atoms with Crippen molar-refractivity contribution < 1.29 is 28.9 Å². The first kappa shape index (κ1) is 24.7. The van der Waals surface area contributed by atoms with Crippen molar-refractivity contribution in [3.05, 3.63) is 23.8 Å². The minimum atomic E-state index is -1.95. The summed E-state index contributed by atoms with van der Waals surface area (Å²) in [6.45, 7) is 11.4. The van der Waals surface area contributed by atoms with E-state index >= 15 is 4.39 Å². The summed E-state index contributed by atoms with van der Waals surface area (Å²) in [5.74, 6) is -1.67. The molecule has 4 rings (SSSR count). The summed E-state index contributed by atoms with van der Waals surface area (Å²) in [6, 6.07) is 0. The molecular formula is C27H39FO5. The van der Waals surface area contributed by atoms with Crippen molar-refractivity contribution in [2.24, 2.45) is 28.6 Å². The van der Waals surface area contributed by atoms with Gasteiger partial charge in [-0.2, -0.15) is 0 Å². The molecule has 4 aliphatic carbocycles. The fourth-order valence-electron chi connectivity index (χ4n) is 7.48. The van der Waals surface area contributed by atoms with E-state index in [1.165, 1.54) is 12.2 Å². The number of hydrogen-bond acceptors (Lipinski definition) is 5. The molecule has 5 nitrogen and oxygen atoms in total. The minimum Gasteiger partial charge on any atom is -0.390 e. The van der Waals surface area contributed by atoms with Crippen LogP contribution >= 0.6 is 0 Å². The predicted octanol–water partition coefficient (Wildman–Crippen LogP) is 4.11. The first-order valence-electron chi connectivity index (χ1n) is 12.3. The molecule has 0 amide bonds. The first-order valence-corrected chi connectivity index (χ1v) is 12.3. The Morgan fingerprint density at radius 3 is 2.58 bits per heavy atom. The number of rotatable bonds is 4. The van der Waals surface area contributed by atoms with Gasteiger partial charge < -0.3 is 14.9 Å². The molecule has 0 aromatic rings. The summed E-state index contributed by atoms with van der Waals surface area (Å²) >= 11 is 0. The monoisotopic (exact) mass is 462 g/mol. The van der Waals surface area contributed by atoms with Gasteiger partial charge in [-0.3, -0.25) is 9.59 Å². The van der Waals surface area contributed by atoms with Gasteiger partial charge in [0.25, 0.3) is 0 Å². The van der Waals surface area contributed by atoms with Gasteiger partial charge in [-0.15, -0.1) is 0 Å². The van der Waals surface area contributed by atoms with Crippen molar-refractivity contribution in [1.29, 1.82) is 0 Å². The van der Waals surface area contributed by atoms with Crippen molar-refractivity contribution >= 4 is 11.6 Å². The quantitative estimate of drug-likeness (QED) is 0.657. The van der Waals surface area contributed by atoms with E-state index in [-0.39, 0.29) is 36.9 Å². The fourth-order valence-corrected chi connectivity index (χ4v) is 7.48. The van der Waals surface area contributed by atoms with Crippen molar-refractivity contribution in [2.75, 3.05) is 6.61 Å². The Morgan fingerprint density at radius 2 is 1.94 bits per heavy atom. The van der Waals surface area contributed by atoms with E-state index in [1.807, 2.05) is 27.7 Å². The zero-order valence-electron chi connectivity index (χ0n) is 20.8. The highest BCUT2D eigenvalue weighted by Crippen LogP contribution is 2.69. The van der Waals surface area contributed by atoms with Crippen LogP contribution in [0.4, 0.5) is 4.39 Å². The van der Waals surface area contributed by atoms with E-state index in [9.17, 15) is 19.8 Å². The highest BCUT2D eigenvalue weighted by Gasteiger charge is 2.74. The maximum Gasteiger partial charge on any atom is 0.178 e. The number of Topliss-reactive ketones (excluding diaryl/α,β-unsaturated/α-hetero) is 1. The van der Waals surface area contributed by atoms with Gasteiger partial charge in [0.05, 0.1) is 18.3 Å². The van der Waals surface area contributed by atoms with Crippen LogP contribution in [0.5, 0.6) is 0 Å². The molecule has 6 heteroatoms. The maximum atomic E-state index is 17.1. The number of carbonyl (C=O) groups is 2. The lowest BCUT2D eigenvalue weighted by molar-refractivity contribution is -0.218. The first-order chi connectivity index (χ1) is 15.1. The Hall–Kier alpha value is -1.37. The van der Waals surface area contributed by atoms with Crippen LogP contribution in [0.2, 0.25) is 0 Å². The number of allylic oxidation sites excluding steroid dienone is 4. The fraction of sp³-hybridized carbons (Fsp3) is 0.778. The number of ether oxygens (including phenoxy) is 1. The van der Waals surface area contributed by atoms with Crippen LogP contribution in [0, 0.1) is 28.6 Å². The van der Waals surface area contributed by atoms with Crippen LogP contribution in [-0.2, 0) is 14.3 Å². The second kappa shape index (κ2) is 7.56. The molecule has 2 N–H and O–H groups in total. The largest absolute Gasteiger partial charge is 0.390 e. The molecule has 184 valence electrons. The molecule has 8 unspecified atom stereocenters. The Balaban J connectivity index is 1.66. The molecular weight excluding hydrogens is 423 g/mol. The van der Waals surface area contributed by atoms with Crippen molar-refractivity contribution in [1.82, 2.24) is 0 Å². The zero-order valence-corrected chi connectivity index (χ0v) is 20.8. The van der Waals surface area contributed by atoms with E-state index in [0.717, 1.165) is 5.57 Å². The molecule has 4 aliphatic rings. The minimum absolute atomic E-state index is 0.00438. The van der Waals surface area contributed by atoms with Crippen LogP contribution < -0.4 is 0 Å². The summed E-state index contributed by atoms with van der Waals surface area (Å²) < 4.78 is 22.9. The van der Waals surface area contributed by atoms with Crippen LogP contribution in [0.15, 0.2) is 23.8 Å². The van der Waals surface area contributed by atoms with E-state index < -0.39 is 45.6 Å². The molecule has 33 heavy (non-hydrogen) atoms. The zero-order chi connectivity index (χ0) is 24.6. The molecule has 0 aromatic heterocycles. The standard InChI is InChI=1S/C27H39FO5/c1-16(15-33-23(2,3)4)22(31)26(32)12-10-19-20-8-7-17-13-18(29)9-11-24(17,5)27(20,28)21(30)14-25(19,26)6/h9,11,13,16,19-21,30,32H,7-8,10,12,14-15H2,1-6H3. The summed E-state index contributed by atoms with van der Waals surface area (Å²) in [7, 11) is 0. The number of hydrogen-bond donors (Lipinski definition) is 2. The number of carbonyl (C=O) groups excluding carboxylic acids is 2. The summed E-state index contributed by atoms with van der Waals surface area (Å²) in [5, 5.41) is 23.2. The normalized spacial score (nSPS) is 45.7. The molecule has 0 heterocycles. The molecule has 0 aromatic carbocycles. The van der Waals surface area contributed by atoms with Gasteiger partial charge in [-0.05, 0) is 77.9 Å².